The second-order valence-corrected chi connectivity index (χ2v) is 5.58. The number of nitrogens with two attached hydrogens (primary N) is 1. The first-order valence-electron chi connectivity index (χ1n) is 7.36. The van der Waals surface area contributed by atoms with Crippen LogP contribution in [0.5, 0.6) is 0 Å². The molecule has 0 bridgehead atoms. The van der Waals surface area contributed by atoms with Crippen molar-refractivity contribution in [2.24, 2.45) is 5.73 Å². The summed E-state index contributed by atoms with van der Waals surface area (Å²) in [5, 5.41) is 0. The smallest absolute Gasteiger partial charge is 0.141 e. The Kier molecular flexibility index (Phi) is 4.31. The van der Waals surface area contributed by atoms with Crippen LogP contribution < -0.4 is 5.73 Å². The summed E-state index contributed by atoms with van der Waals surface area (Å²) in [6, 6.07) is 7.45. The highest BCUT2D eigenvalue weighted by Gasteiger charge is 2.29. The molecule has 3 rings (SSSR count). The van der Waals surface area contributed by atoms with E-state index in [-0.39, 0.29) is 11.9 Å². The van der Waals surface area contributed by atoms with Gasteiger partial charge in [0.25, 0.3) is 0 Å². The third-order valence-electron chi connectivity index (χ3n) is 3.86. The van der Waals surface area contributed by atoms with Crippen molar-refractivity contribution in [3.8, 4) is 0 Å². The molecule has 5 heteroatoms. The second kappa shape index (κ2) is 6.37. The Morgan fingerprint density at radius 3 is 2.86 bits per heavy atom. The Morgan fingerprint density at radius 1 is 1.38 bits per heavy atom. The average molecular weight is 289 g/mol. The van der Waals surface area contributed by atoms with E-state index in [1.54, 1.807) is 12.3 Å². The zero-order valence-electron chi connectivity index (χ0n) is 11.9. The first-order chi connectivity index (χ1) is 10.2. The average Bonchev–Trinajstić information content (AvgIpc) is 3.21. The molecule has 4 nitrogen and oxygen atoms in total. The number of rotatable bonds is 7. The summed E-state index contributed by atoms with van der Waals surface area (Å²) in [5.41, 5.74) is 6.89. The van der Waals surface area contributed by atoms with Gasteiger partial charge in [-0.25, -0.2) is 4.39 Å². The van der Waals surface area contributed by atoms with E-state index < -0.39 is 0 Å². The molecule has 2 aromatic rings. The van der Waals surface area contributed by atoms with Gasteiger partial charge in [0.2, 0.25) is 0 Å². The van der Waals surface area contributed by atoms with E-state index in [2.05, 4.69) is 9.88 Å². The topological polar surface area (TPSA) is 55.3 Å². The van der Waals surface area contributed by atoms with Gasteiger partial charge in [-0.1, -0.05) is 0 Å². The van der Waals surface area contributed by atoms with Gasteiger partial charge in [-0.05, 0) is 43.5 Å². The van der Waals surface area contributed by atoms with Crippen molar-refractivity contribution in [1.29, 1.82) is 0 Å². The second-order valence-electron chi connectivity index (χ2n) is 5.58. The fourth-order valence-electron chi connectivity index (χ4n) is 2.49. The van der Waals surface area contributed by atoms with Crippen LogP contribution in [0.4, 0.5) is 4.39 Å². The predicted octanol–water partition coefficient (Wildman–Crippen LogP) is 2.87. The molecule has 0 amide bonds. The van der Waals surface area contributed by atoms with Crippen LogP contribution in [0.15, 0.2) is 41.1 Å². The number of hydrogen-bond acceptors (Lipinski definition) is 4. The Morgan fingerprint density at radius 2 is 2.24 bits per heavy atom. The molecule has 1 saturated carbocycles. The summed E-state index contributed by atoms with van der Waals surface area (Å²) in [4.78, 5) is 6.46. The molecule has 112 valence electrons. The number of nitrogens with zero attached hydrogens (tertiary/aromatic N) is 2. The van der Waals surface area contributed by atoms with E-state index in [1.807, 2.05) is 12.1 Å². The molecule has 0 radical (unpaired) electrons. The molecule has 2 N–H and O–H groups in total. The number of halogens is 1. The van der Waals surface area contributed by atoms with Crippen molar-refractivity contribution in [3.05, 3.63) is 54.0 Å². The normalized spacial score (nSPS) is 16.3. The standard InChI is InChI=1S/C16H20FN3O/c17-12-3-6-16(19-10-12)15(18)7-8-20(13-4-5-13)11-14-2-1-9-21-14/h1-3,6,9-10,13,15H,4-5,7-8,11,18H2. The minimum atomic E-state index is -0.330. The summed E-state index contributed by atoms with van der Waals surface area (Å²) >= 11 is 0. The third kappa shape index (κ3) is 3.89. The summed E-state index contributed by atoms with van der Waals surface area (Å²) in [7, 11) is 0. The van der Waals surface area contributed by atoms with Crippen LogP contribution >= 0.6 is 0 Å². The van der Waals surface area contributed by atoms with E-state index in [1.165, 1.54) is 25.1 Å². The first kappa shape index (κ1) is 14.2. The van der Waals surface area contributed by atoms with Crippen molar-refractivity contribution in [2.75, 3.05) is 6.54 Å². The lowest BCUT2D eigenvalue weighted by Crippen LogP contribution is -2.29. The summed E-state index contributed by atoms with van der Waals surface area (Å²) in [5.74, 6) is 0.652. The number of hydrogen-bond donors (Lipinski definition) is 1. The SMILES string of the molecule is NC(CCN(Cc1ccco1)C1CC1)c1ccc(F)cn1. The van der Waals surface area contributed by atoms with Gasteiger partial charge in [-0.2, -0.15) is 0 Å². The van der Waals surface area contributed by atoms with Crippen molar-refractivity contribution in [3.63, 3.8) is 0 Å². The Hall–Kier alpha value is -1.72. The van der Waals surface area contributed by atoms with Gasteiger partial charge < -0.3 is 10.2 Å². The lowest BCUT2D eigenvalue weighted by atomic mass is 10.1. The fourth-order valence-corrected chi connectivity index (χ4v) is 2.49. The maximum absolute atomic E-state index is 12.9. The molecule has 1 fully saturated rings. The van der Waals surface area contributed by atoms with Gasteiger partial charge in [0.1, 0.15) is 11.6 Å². The zero-order chi connectivity index (χ0) is 14.7. The highest BCUT2D eigenvalue weighted by Crippen LogP contribution is 2.29. The fraction of sp³-hybridized carbons (Fsp3) is 0.438. The molecule has 0 spiro atoms. The number of pyridine rings is 1. The van der Waals surface area contributed by atoms with Crippen LogP contribution in [-0.2, 0) is 6.54 Å². The molecule has 0 saturated heterocycles. The molecule has 0 aromatic carbocycles. The van der Waals surface area contributed by atoms with Crippen molar-refractivity contribution < 1.29 is 8.81 Å². The number of furan rings is 1. The van der Waals surface area contributed by atoms with Crippen LogP contribution in [0.2, 0.25) is 0 Å². The van der Waals surface area contributed by atoms with Crippen LogP contribution in [0, 0.1) is 5.82 Å². The van der Waals surface area contributed by atoms with Gasteiger partial charge in [-0.15, -0.1) is 0 Å². The van der Waals surface area contributed by atoms with Crippen LogP contribution in [0.3, 0.4) is 0 Å². The van der Waals surface area contributed by atoms with E-state index >= 15 is 0 Å². The maximum atomic E-state index is 12.9. The van der Waals surface area contributed by atoms with Gasteiger partial charge in [0, 0.05) is 18.6 Å². The van der Waals surface area contributed by atoms with E-state index in [4.69, 9.17) is 10.2 Å². The van der Waals surface area contributed by atoms with E-state index in [0.717, 1.165) is 31.0 Å². The first-order valence-corrected chi connectivity index (χ1v) is 7.36. The maximum Gasteiger partial charge on any atom is 0.141 e. The zero-order valence-corrected chi connectivity index (χ0v) is 11.9. The molecular weight excluding hydrogens is 269 g/mol. The molecule has 1 aliphatic carbocycles. The molecular formula is C16H20FN3O. The predicted molar refractivity (Wildman–Crippen MR) is 77.9 cm³/mol. The van der Waals surface area contributed by atoms with Crippen LogP contribution in [-0.4, -0.2) is 22.5 Å². The molecule has 2 heterocycles. The van der Waals surface area contributed by atoms with E-state index in [9.17, 15) is 4.39 Å². The van der Waals surface area contributed by atoms with Crippen LogP contribution in [0.1, 0.15) is 36.8 Å². The quantitative estimate of drug-likeness (QED) is 0.851. The third-order valence-corrected chi connectivity index (χ3v) is 3.86. The molecule has 1 unspecified atom stereocenters. The number of aromatic nitrogens is 1. The summed E-state index contributed by atoms with van der Waals surface area (Å²) < 4.78 is 18.3. The Labute approximate surface area is 123 Å². The minimum absolute atomic E-state index is 0.163. The van der Waals surface area contributed by atoms with Crippen molar-refractivity contribution >= 4 is 0 Å². The Balaban J connectivity index is 1.55. The molecule has 1 aliphatic rings. The molecule has 2 aromatic heterocycles. The molecule has 0 aliphatic heterocycles. The van der Waals surface area contributed by atoms with Gasteiger partial charge >= 0.3 is 0 Å². The summed E-state index contributed by atoms with van der Waals surface area (Å²) in [6.07, 6.45) is 6.20. The van der Waals surface area contributed by atoms with Crippen molar-refractivity contribution in [1.82, 2.24) is 9.88 Å². The van der Waals surface area contributed by atoms with Gasteiger partial charge in [0.05, 0.1) is 24.7 Å². The summed E-state index contributed by atoms with van der Waals surface area (Å²) in [6.45, 7) is 1.72. The van der Waals surface area contributed by atoms with E-state index in [0.29, 0.717) is 6.04 Å². The lowest BCUT2D eigenvalue weighted by molar-refractivity contribution is 0.225. The van der Waals surface area contributed by atoms with Crippen LogP contribution in [0.25, 0.3) is 0 Å². The molecule has 1 atom stereocenters. The monoisotopic (exact) mass is 289 g/mol. The van der Waals surface area contributed by atoms with Gasteiger partial charge in [-0.3, -0.25) is 9.88 Å². The molecule has 21 heavy (non-hydrogen) atoms. The Bertz CT molecular complexity index is 551. The lowest BCUT2D eigenvalue weighted by Gasteiger charge is -2.22. The highest BCUT2D eigenvalue weighted by molar-refractivity contribution is 5.09. The van der Waals surface area contributed by atoms with Crippen molar-refractivity contribution in [2.45, 2.75) is 37.9 Å². The largest absolute Gasteiger partial charge is 0.468 e. The minimum Gasteiger partial charge on any atom is -0.468 e. The highest BCUT2D eigenvalue weighted by atomic mass is 19.1. The van der Waals surface area contributed by atoms with Gasteiger partial charge in [0.15, 0.2) is 0 Å².